The fraction of sp³-hybridized carbons (Fsp3) is 0.231. The number of aromatic nitrogens is 2. The molecule has 18 heavy (non-hydrogen) atoms. The second-order valence-electron chi connectivity index (χ2n) is 3.81. The van der Waals surface area contributed by atoms with Gasteiger partial charge in [0.2, 0.25) is 5.88 Å². The van der Waals surface area contributed by atoms with E-state index in [1.165, 1.54) is 6.33 Å². The van der Waals surface area contributed by atoms with Gasteiger partial charge in [-0.25, -0.2) is 9.97 Å². The number of nitrogens with one attached hydrogen (secondary N) is 1. The maximum atomic E-state index is 9.07. The largest absolute Gasteiger partial charge is 0.439 e. The van der Waals surface area contributed by atoms with Crippen LogP contribution in [0.4, 0.5) is 5.82 Å². The van der Waals surface area contributed by atoms with Crippen molar-refractivity contribution in [2.75, 3.05) is 12.4 Å². The highest BCUT2D eigenvalue weighted by atomic mass is 16.5. The zero-order chi connectivity index (χ0) is 13.0. The van der Waals surface area contributed by atoms with Gasteiger partial charge in [0, 0.05) is 7.05 Å². The highest BCUT2D eigenvalue weighted by Gasteiger charge is 2.08. The van der Waals surface area contributed by atoms with Crippen LogP contribution in [0.3, 0.4) is 0 Å². The van der Waals surface area contributed by atoms with Gasteiger partial charge in [-0.15, -0.1) is 0 Å². The Hall–Kier alpha value is -2.14. The van der Waals surface area contributed by atoms with E-state index < -0.39 is 0 Å². The third-order valence-electron chi connectivity index (χ3n) is 2.57. The SMILES string of the molecule is CNc1ncnc(Oc2cccc(CO)c2)c1C. The highest BCUT2D eigenvalue weighted by Crippen LogP contribution is 2.26. The van der Waals surface area contributed by atoms with Crippen molar-refractivity contribution >= 4 is 5.82 Å². The van der Waals surface area contributed by atoms with Crippen molar-refractivity contribution < 1.29 is 9.84 Å². The van der Waals surface area contributed by atoms with Gasteiger partial charge in [-0.3, -0.25) is 0 Å². The van der Waals surface area contributed by atoms with E-state index in [4.69, 9.17) is 9.84 Å². The zero-order valence-electron chi connectivity index (χ0n) is 10.3. The number of rotatable bonds is 4. The van der Waals surface area contributed by atoms with Crippen molar-refractivity contribution in [2.45, 2.75) is 13.5 Å². The van der Waals surface area contributed by atoms with E-state index in [0.29, 0.717) is 11.6 Å². The van der Waals surface area contributed by atoms with Crippen LogP contribution in [-0.4, -0.2) is 22.1 Å². The van der Waals surface area contributed by atoms with Crippen LogP contribution in [0.2, 0.25) is 0 Å². The fourth-order valence-electron chi connectivity index (χ4n) is 1.61. The number of ether oxygens (including phenoxy) is 1. The van der Waals surface area contributed by atoms with E-state index in [2.05, 4.69) is 15.3 Å². The third-order valence-corrected chi connectivity index (χ3v) is 2.57. The molecule has 0 aliphatic rings. The van der Waals surface area contributed by atoms with Gasteiger partial charge in [0.15, 0.2) is 0 Å². The molecule has 2 aromatic rings. The molecule has 2 N–H and O–H groups in total. The summed E-state index contributed by atoms with van der Waals surface area (Å²) in [6.07, 6.45) is 1.45. The Morgan fingerprint density at radius 1 is 1.33 bits per heavy atom. The molecule has 0 spiro atoms. The number of nitrogens with zero attached hydrogens (tertiary/aromatic N) is 2. The molecular formula is C13H15N3O2. The number of hydrogen-bond donors (Lipinski definition) is 2. The minimum absolute atomic E-state index is 0.0122. The summed E-state index contributed by atoms with van der Waals surface area (Å²) in [6, 6.07) is 7.26. The van der Waals surface area contributed by atoms with Gasteiger partial charge in [-0.2, -0.15) is 0 Å². The van der Waals surface area contributed by atoms with Crippen LogP contribution < -0.4 is 10.1 Å². The first-order chi connectivity index (χ1) is 8.74. The van der Waals surface area contributed by atoms with E-state index in [-0.39, 0.29) is 6.61 Å². The van der Waals surface area contributed by atoms with Crippen LogP contribution in [0.1, 0.15) is 11.1 Å². The van der Waals surface area contributed by atoms with Gasteiger partial charge < -0.3 is 15.2 Å². The molecule has 0 amide bonds. The Morgan fingerprint density at radius 2 is 2.17 bits per heavy atom. The summed E-state index contributed by atoms with van der Waals surface area (Å²) in [5, 5.41) is 12.0. The second-order valence-corrected chi connectivity index (χ2v) is 3.81. The van der Waals surface area contributed by atoms with Gasteiger partial charge in [-0.05, 0) is 24.6 Å². The lowest BCUT2D eigenvalue weighted by Gasteiger charge is -2.10. The van der Waals surface area contributed by atoms with Crippen LogP contribution >= 0.6 is 0 Å². The summed E-state index contributed by atoms with van der Waals surface area (Å²) < 4.78 is 5.69. The first-order valence-corrected chi connectivity index (χ1v) is 5.61. The molecule has 0 bridgehead atoms. The van der Waals surface area contributed by atoms with Crippen molar-refractivity contribution in [2.24, 2.45) is 0 Å². The van der Waals surface area contributed by atoms with Gasteiger partial charge in [0.05, 0.1) is 12.2 Å². The first kappa shape index (κ1) is 12.3. The van der Waals surface area contributed by atoms with Crippen molar-refractivity contribution in [3.05, 3.63) is 41.7 Å². The summed E-state index contributed by atoms with van der Waals surface area (Å²) in [5.41, 5.74) is 1.64. The Bertz CT molecular complexity index is 544. The minimum Gasteiger partial charge on any atom is -0.439 e. The van der Waals surface area contributed by atoms with Crippen molar-refractivity contribution in [1.29, 1.82) is 0 Å². The Balaban J connectivity index is 2.28. The number of hydrogen-bond acceptors (Lipinski definition) is 5. The van der Waals surface area contributed by atoms with E-state index >= 15 is 0 Å². The molecule has 0 aliphatic heterocycles. The molecule has 5 nitrogen and oxygen atoms in total. The zero-order valence-corrected chi connectivity index (χ0v) is 10.3. The van der Waals surface area contributed by atoms with Gasteiger partial charge in [-0.1, -0.05) is 12.1 Å². The average Bonchev–Trinajstić information content (AvgIpc) is 2.41. The van der Waals surface area contributed by atoms with E-state index in [1.807, 2.05) is 25.1 Å². The Labute approximate surface area is 105 Å². The average molecular weight is 245 g/mol. The number of aliphatic hydroxyl groups is 1. The number of benzene rings is 1. The van der Waals surface area contributed by atoms with Crippen LogP contribution in [0.5, 0.6) is 11.6 Å². The summed E-state index contributed by atoms with van der Waals surface area (Å²) >= 11 is 0. The predicted octanol–water partition coefficient (Wildman–Crippen LogP) is 2.11. The molecule has 94 valence electrons. The second kappa shape index (κ2) is 5.46. The molecule has 0 aliphatic carbocycles. The lowest BCUT2D eigenvalue weighted by Crippen LogP contribution is -2.00. The smallest absolute Gasteiger partial charge is 0.227 e. The lowest BCUT2D eigenvalue weighted by atomic mass is 10.2. The van der Waals surface area contributed by atoms with Crippen LogP contribution in [0, 0.1) is 6.92 Å². The summed E-state index contributed by atoms with van der Waals surface area (Å²) in [4.78, 5) is 8.19. The maximum absolute atomic E-state index is 9.07. The molecule has 1 aromatic carbocycles. The Morgan fingerprint density at radius 3 is 2.89 bits per heavy atom. The first-order valence-electron chi connectivity index (χ1n) is 5.61. The molecule has 0 fully saturated rings. The summed E-state index contributed by atoms with van der Waals surface area (Å²) in [7, 11) is 1.80. The van der Waals surface area contributed by atoms with Crippen LogP contribution in [-0.2, 0) is 6.61 Å². The Kier molecular flexibility index (Phi) is 3.74. The molecule has 5 heteroatoms. The van der Waals surface area contributed by atoms with E-state index in [0.717, 1.165) is 16.9 Å². The molecule has 0 saturated carbocycles. The molecule has 0 saturated heterocycles. The monoisotopic (exact) mass is 245 g/mol. The van der Waals surface area contributed by atoms with Gasteiger partial charge in [0.25, 0.3) is 0 Å². The molecule has 1 heterocycles. The minimum atomic E-state index is -0.0122. The van der Waals surface area contributed by atoms with Crippen LogP contribution in [0.15, 0.2) is 30.6 Å². The third kappa shape index (κ3) is 2.57. The summed E-state index contributed by atoms with van der Waals surface area (Å²) in [6.45, 7) is 1.87. The van der Waals surface area contributed by atoms with Gasteiger partial charge in [0.1, 0.15) is 17.9 Å². The molecule has 1 aromatic heterocycles. The molecular weight excluding hydrogens is 230 g/mol. The van der Waals surface area contributed by atoms with Crippen molar-refractivity contribution in [3.8, 4) is 11.6 Å². The molecule has 0 atom stereocenters. The predicted molar refractivity (Wildman–Crippen MR) is 68.8 cm³/mol. The van der Waals surface area contributed by atoms with Crippen molar-refractivity contribution in [1.82, 2.24) is 9.97 Å². The highest BCUT2D eigenvalue weighted by molar-refractivity contribution is 5.48. The number of aliphatic hydroxyl groups excluding tert-OH is 1. The van der Waals surface area contributed by atoms with Crippen LogP contribution in [0.25, 0.3) is 0 Å². The standard InChI is InChI=1S/C13H15N3O2/c1-9-12(14-2)15-8-16-13(9)18-11-5-3-4-10(6-11)7-17/h3-6,8,17H,7H2,1-2H3,(H,14,15,16). The van der Waals surface area contributed by atoms with Crippen molar-refractivity contribution in [3.63, 3.8) is 0 Å². The molecule has 0 radical (unpaired) electrons. The molecule has 0 unspecified atom stereocenters. The summed E-state index contributed by atoms with van der Waals surface area (Å²) in [5.74, 6) is 1.88. The maximum Gasteiger partial charge on any atom is 0.227 e. The van der Waals surface area contributed by atoms with Gasteiger partial charge >= 0.3 is 0 Å². The molecule has 2 rings (SSSR count). The van der Waals surface area contributed by atoms with E-state index in [1.54, 1.807) is 13.1 Å². The van der Waals surface area contributed by atoms with E-state index in [9.17, 15) is 0 Å². The quantitative estimate of drug-likeness (QED) is 0.863. The lowest BCUT2D eigenvalue weighted by molar-refractivity contribution is 0.281. The normalized spacial score (nSPS) is 10.2. The number of anilines is 1. The fourth-order valence-corrected chi connectivity index (χ4v) is 1.61. The topological polar surface area (TPSA) is 67.3 Å².